The van der Waals surface area contributed by atoms with Crippen LogP contribution in [0.3, 0.4) is 0 Å². The number of carbonyl (C=O) groups is 1. The molecule has 2 atom stereocenters. The molecule has 0 aromatic rings. The average molecular weight is 240 g/mol. The highest BCUT2D eigenvalue weighted by Crippen LogP contribution is 2.28. The quantitative estimate of drug-likeness (QED) is 0.702. The summed E-state index contributed by atoms with van der Waals surface area (Å²) in [6, 6.07) is 0. The van der Waals surface area contributed by atoms with Gasteiger partial charge in [0.1, 0.15) is 5.60 Å². The molecule has 0 saturated carbocycles. The molecule has 2 fully saturated rings. The summed E-state index contributed by atoms with van der Waals surface area (Å²) in [4.78, 5) is 13.8. The van der Waals surface area contributed by atoms with Gasteiger partial charge in [-0.25, -0.2) is 4.79 Å². The van der Waals surface area contributed by atoms with Crippen LogP contribution in [0.4, 0.5) is 4.79 Å². The minimum atomic E-state index is -0.390. The van der Waals surface area contributed by atoms with Crippen LogP contribution in [0.5, 0.6) is 0 Å². The van der Waals surface area contributed by atoms with Crippen LogP contribution >= 0.6 is 0 Å². The van der Waals surface area contributed by atoms with Gasteiger partial charge in [0.15, 0.2) is 0 Å². The molecule has 2 heterocycles. The van der Waals surface area contributed by atoms with E-state index in [9.17, 15) is 4.79 Å². The first-order valence-corrected chi connectivity index (χ1v) is 6.64. The van der Waals surface area contributed by atoms with Gasteiger partial charge in [-0.1, -0.05) is 0 Å². The zero-order chi connectivity index (χ0) is 12.5. The van der Waals surface area contributed by atoms with Gasteiger partial charge >= 0.3 is 6.09 Å². The predicted molar refractivity (Wildman–Crippen MR) is 66.9 cm³/mol. The van der Waals surface area contributed by atoms with E-state index in [1.807, 2.05) is 25.7 Å². The first-order chi connectivity index (χ1) is 7.96. The molecular weight excluding hydrogens is 216 g/mol. The van der Waals surface area contributed by atoms with Crippen LogP contribution in [0.2, 0.25) is 0 Å². The zero-order valence-electron chi connectivity index (χ0n) is 11.2. The Balaban J connectivity index is 1.89. The van der Waals surface area contributed by atoms with Gasteiger partial charge in [0.05, 0.1) is 0 Å². The van der Waals surface area contributed by atoms with E-state index >= 15 is 0 Å². The van der Waals surface area contributed by atoms with E-state index in [0.717, 1.165) is 38.5 Å². The maximum Gasteiger partial charge on any atom is 0.410 e. The van der Waals surface area contributed by atoms with Crippen LogP contribution in [0, 0.1) is 11.8 Å². The summed E-state index contributed by atoms with van der Waals surface area (Å²) in [5.41, 5.74) is -0.390. The van der Waals surface area contributed by atoms with Crippen LogP contribution < -0.4 is 5.32 Å². The lowest BCUT2D eigenvalue weighted by atomic mass is 9.81. The summed E-state index contributed by atoms with van der Waals surface area (Å²) in [6.07, 6.45) is 2.24. The van der Waals surface area contributed by atoms with Crippen LogP contribution in [-0.4, -0.2) is 42.8 Å². The molecule has 0 aromatic heterocycles. The molecule has 0 radical (unpaired) electrons. The van der Waals surface area contributed by atoms with Crippen molar-refractivity contribution in [1.29, 1.82) is 0 Å². The molecule has 2 aliphatic heterocycles. The number of amides is 1. The van der Waals surface area contributed by atoms with E-state index in [1.165, 1.54) is 6.42 Å². The van der Waals surface area contributed by atoms with Gasteiger partial charge in [-0.3, -0.25) is 0 Å². The van der Waals surface area contributed by atoms with E-state index < -0.39 is 5.60 Å². The van der Waals surface area contributed by atoms with E-state index in [1.54, 1.807) is 0 Å². The first kappa shape index (κ1) is 12.7. The van der Waals surface area contributed by atoms with Crippen molar-refractivity contribution in [3.8, 4) is 0 Å². The summed E-state index contributed by atoms with van der Waals surface area (Å²) in [5, 5.41) is 3.41. The van der Waals surface area contributed by atoms with Gasteiger partial charge in [-0.2, -0.15) is 0 Å². The molecule has 2 rings (SSSR count). The molecule has 1 amide bonds. The van der Waals surface area contributed by atoms with Crippen molar-refractivity contribution in [3.63, 3.8) is 0 Å². The van der Waals surface area contributed by atoms with Crippen molar-refractivity contribution in [2.75, 3.05) is 26.2 Å². The number of ether oxygens (including phenoxy) is 1. The Bertz CT molecular complexity index is 286. The van der Waals surface area contributed by atoms with Crippen molar-refractivity contribution in [3.05, 3.63) is 0 Å². The molecule has 0 aromatic carbocycles. The maximum absolute atomic E-state index is 12.0. The molecule has 0 bridgehead atoms. The second kappa shape index (κ2) is 4.84. The van der Waals surface area contributed by atoms with Crippen molar-refractivity contribution in [2.24, 2.45) is 11.8 Å². The third kappa shape index (κ3) is 3.35. The maximum atomic E-state index is 12.0. The normalized spacial score (nSPS) is 29.7. The topological polar surface area (TPSA) is 41.6 Å². The lowest BCUT2D eigenvalue weighted by Gasteiger charge is -2.41. The third-order valence-electron chi connectivity index (χ3n) is 3.64. The molecule has 0 aliphatic carbocycles. The second-order valence-electron chi connectivity index (χ2n) is 6.23. The minimum Gasteiger partial charge on any atom is -0.444 e. The number of nitrogens with one attached hydrogen (secondary N) is 1. The lowest BCUT2D eigenvalue weighted by Crippen LogP contribution is -2.51. The van der Waals surface area contributed by atoms with E-state index in [4.69, 9.17) is 4.74 Å². The first-order valence-electron chi connectivity index (χ1n) is 6.64. The fourth-order valence-electron chi connectivity index (χ4n) is 2.76. The molecule has 4 heteroatoms. The second-order valence-corrected chi connectivity index (χ2v) is 6.23. The van der Waals surface area contributed by atoms with Crippen LogP contribution in [0.15, 0.2) is 0 Å². The fraction of sp³-hybridized carbons (Fsp3) is 0.923. The number of rotatable bonds is 0. The highest BCUT2D eigenvalue weighted by molar-refractivity contribution is 5.68. The standard InChI is InChI=1S/C13H24N2O2/c1-13(2,3)17-12(16)15-7-5-10-4-6-14-8-11(10)9-15/h10-11,14H,4-9H2,1-3H3/t10-,11+/m0/s1. The average Bonchev–Trinajstić information content (AvgIpc) is 2.26. The van der Waals surface area contributed by atoms with Gasteiger partial charge < -0.3 is 15.0 Å². The van der Waals surface area contributed by atoms with E-state index in [0.29, 0.717) is 5.92 Å². The molecular formula is C13H24N2O2. The molecule has 2 aliphatic rings. The molecule has 17 heavy (non-hydrogen) atoms. The lowest BCUT2D eigenvalue weighted by molar-refractivity contribution is 0.00738. The summed E-state index contributed by atoms with van der Waals surface area (Å²) >= 11 is 0. The number of nitrogens with zero attached hydrogens (tertiary/aromatic N) is 1. The number of hydrogen-bond acceptors (Lipinski definition) is 3. The van der Waals surface area contributed by atoms with Crippen molar-refractivity contribution >= 4 is 6.09 Å². The summed E-state index contributed by atoms with van der Waals surface area (Å²) in [5.74, 6) is 1.42. The largest absolute Gasteiger partial charge is 0.444 e. The minimum absolute atomic E-state index is 0.151. The summed E-state index contributed by atoms with van der Waals surface area (Å²) in [6.45, 7) is 9.64. The van der Waals surface area contributed by atoms with Crippen molar-refractivity contribution in [2.45, 2.75) is 39.2 Å². The highest BCUT2D eigenvalue weighted by atomic mass is 16.6. The number of hydrogen-bond donors (Lipinski definition) is 1. The van der Waals surface area contributed by atoms with Crippen molar-refractivity contribution in [1.82, 2.24) is 10.2 Å². The van der Waals surface area contributed by atoms with Crippen LogP contribution in [0.1, 0.15) is 33.6 Å². The van der Waals surface area contributed by atoms with Crippen LogP contribution in [-0.2, 0) is 4.74 Å². The van der Waals surface area contributed by atoms with Crippen molar-refractivity contribution < 1.29 is 9.53 Å². The SMILES string of the molecule is CC(C)(C)OC(=O)N1CC[C@@H]2CCNC[C@@H]2C1. The Morgan fingerprint density at radius 1 is 1.29 bits per heavy atom. The number of piperidine rings is 2. The van der Waals surface area contributed by atoms with Gasteiger partial charge in [0.25, 0.3) is 0 Å². The zero-order valence-corrected chi connectivity index (χ0v) is 11.2. The monoisotopic (exact) mass is 240 g/mol. The Morgan fingerprint density at radius 2 is 2.06 bits per heavy atom. The molecule has 0 unspecified atom stereocenters. The predicted octanol–water partition coefficient (Wildman–Crippen LogP) is 1.85. The fourth-order valence-corrected chi connectivity index (χ4v) is 2.76. The number of carbonyl (C=O) groups excluding carboxylic acids is 1. The summed E-state index contributed by atoms with van der Waals surface area (Å²) < 4.78 is 5.42. The van der Waals surface area contributed by atoms with Gasteiger partial charge in [0, 0.05) is 13.1 Å². The Hall–Kier alpha value is -0.770. The Kier molecular flexibility index (Phi) is 3.61. The van der Waals surface area contributed by atoms with Gasteiger partial charge in [0.2, 0.25) is 0 Å². The highest BCUT2D eigenvalue weighted by Gasteiger charge is 2.34. The molecule has 1 N–H and O–H groups in total. The van der Waals surface area contributed by atoms with Crippen LogP contribution in [0.25, 0.3) is 0 Å². The molecule has 4 nitrogen and oxygen atoms in total. The number of likely N-dealkylation sites (tertiary alicyclic amines) is 1. The number of fused-ring (bicyclic) bond motifs is 1. The van der Waals surface area contributed by atoms with E-state index in [2.05, 4.69) is 5.32 Å². The Labute approximate surface area is 104 Å². The smallest absolute Gasteiger partial charge is 0.410 e. The Morgan fingerprint density at radius 3 is 2.76 bits per heavy atom. The van der Waals surface area contributed by atoms with Gasteiger partial charge in [-0.05, 0) is 58.5 Å². The molecule has 2 saturated heterocycles. The van der Waals surface area contributed by atoms with E-state index in [-0.39, 0.29) is 6.09 Å². The molecule has 0 spiro atoms. The summed E-state index contributed by atoms with van der Waals surface area (Å²) in [7, 11) is 0. The van der Waals surface area contributed by atoms with Gasteiger partial charge in [-0.15, -0.1) is 0 Å². The molecule has 98 valence electrons. The third-order valence-corrected chi connectivity index (χ3v) is 3.64.